The van der Waals surface area contributed by atoms with Crippen molar-refractivity contribution in [3.05, 3.63) is 59.3 Å². The lowest BCUT2D eigenvalue weighted by molar-refractivity contribution is -0.00473. The van der Waals surface area contributed by atoms with E-state index in [2.05, 4.69) is 70.1 Å². The molecule has 0 amide bonds. The molecule has 2 unspecified atom stereocenters. The Bertz CT molecular complexity index is 656. The average Bonchev–Trinajstić information content (AvgIpc) is 3.26. The number of unbranched alkanes of at least 4 members (excludes halogenated alkanes) is 3. The fourth-order valence-electron chi connectivity index (χ4n) is 4.48. The van der Waals surface area contributed by atoms with Crippen LogP contribution in [0.15, 0.2) is 59.3 Å². The average molecular weight is 364 g/mol. The number of hydrogen-bond donors (Lipinski definition) is 0. The highest BCUT2D eigenvalue weighted by Gasteiger charge is 2.32. The molecule has 0 aromatic heterocycles. The second-order valence-corrected chi connectivity index (χ2v) is 9.47. The van der Waals surface area contributed by atoms with E-state index >= 15 is 0 Å². The van der Waals surface area contributed by atoms with Crippen molar-refractivity contribution in [3.63, 3.8) is 0 Å². The molecule has 0 saturated carbocycles. The van der Waals surface area contributed by atoms with Crippen LogP contribution < -0.4 is 0 Å². The Morgan fingerprint density at radius 2 is 1.85 bits per heavy atom. The maximum Gasteiger partial charge on any atom is 0.161 e. The normalized spacial score (nSPS) is 23.9. The molecule has 3 rings (SSSR count). The van der Waals surface area contributed by atoms with Gasteiger partial charge < -0.3 is 4.74 Å². The minimum Gasteiger partial charge on any atom is -0.376 e. The van der Waals surface area contributed by atoms with E-state index < -0.39 is 0 Å². The van der Waals surface area contributed by atoms with Crippen molar-refractivity contribution in [1.82, 2.24) is 0 Å². The van der Waals surface area contributed by atoms with Crippen LogP contribution >= 0.6 is 0 Å². The third-order valence-electron chi connectivity index (χ3n) is 6.12. The van der Waals surface area contributed by atoms with Gasteiger partial charge in [-0.25, -0.2) is 0 Å². The van der Waals surface area contributed by atoms with Crippen LogP contribution in [0.5, 0.6) is 0 Å². The molecule has 0 fully saturated rings. The van der Waals surface area contributed by atoms with Gasteiger partial charge in [0.2, 0.25) is 0 Å². The number of hydrogen-bond acceptors (Lipinski definition) is 1. The zero-order valence-corrected chi connectivity index (χ0v) is 17.8. The predicted molar refractivity (Wildman–Crippen MR) is 120 cm³/mol. The Kier molecular flexibility index (Phi) is 7.03. The highest BCUT2D eigenvalue weighted by atomic mass is 16.5. The molecule has 0 aromatic carbocycles. The van der Waals surface area contributed by atoms with Gasteiger partial charge in [0.15, 0.2) is 6.71 Å². The molecule has 0 aromatic rings. The van der Waals surface area contributed by atoms with Crippen LogP contribution in [0.25, 0.3) is 0 Å². The van der Waals surface area contributed by atoms with Gasteiger partial charge in [0.05, 0.1) is 5.60 Å². The van der Waals surface area contributed by atoms with E-state index in [-0.39, 0.29) is 5.60 Å². The van der Waals surface area contributed by atoms with E-state index in [1.54, 1.807) is 16.7 Å². The predicted octanol–water partition coefficient (Wildman–Crippen LogP) is 7.33. The molecule has 0 saturated heterocycles. The summed E-state index contributed by atoms with van der Waals surface area (Å²) in [5.41, 5.74) is 4.72. The van der Waals surface area contributed by atoms with E-state index in [4.69, 9.17) is 4.74 Å². The van der Waals surface area contributed by atoms with Gasteiger partial charge in [-0.3, -0.25) is 0 Å². The van der Waals surface area contributed by atoms with E-state index in [0.29, 0.717) is 18.3 Å². The molecule has 0 aliphatic heterocycles. The van der Waals surface area contributed by atoms with Crippen molar-refractivity contribution in [2.24, 2.45) is 0 Å². The van der Waals surface area contributed by atoms with E-state index in [0.717, 1.165) is 6.61 Å². The first-order valence-electron chi connectivity index (χ1n) is 11.0. The first kappa shape index (κ1) is 20.5. The topological polar surface area (TPSA) is 9.23 Å². The lowest BCUT2D eigenvalue weighted by Crippen LogP contribution is -2.20. The second-order valence-electron chi connectivity index (χ2n) is 9.47. The Balaban J connectivity index is 1.38. The summed E-state index contributed by atoms with van der Waals surface area (Å²) in [7, 11) is 0. The Hall–Kier alpha value is -1.28. The molecule has 0 bridgehead atoms. The lowest BCUT2D eigenvalue weighted by atomic mass is 9.35. The summed E-state index contributed by atoms with van der Waals surface area (Å²) in [6.45, 7) is 10.4. The summed E-state index contributed by atoms with van der Waals surface area (Å²) in [6.07, 6.45) is 25.7. The number of allylic oxidation sites excluding steroid dienone is 10. The molecule has 0 heterocycles. The van der Waals surface area contributed by atoms with Crippen molar-refractivity contribution in [2.75, 3.05) is 6.61 Å². The van der Waals surface area contributed by atoms with Gasteiger partial charge in [-0.05, 0) is 75.7 Å². The van der Waals surface area contributed by atoms with E-state index in [1.807, 2.05) is 0 Å². The van der Waals surface area contributed by atoms with Crippen molar-refractivity contribution in [1.29, 1.82) is 0 Å². The highest BCUT2D eigenvalue weighted by Crippen LogP contribution is 2.42. The molecule has 0 spiro atoms. The van der Waals surface area contributed by atoms with Crippen LogP contribution in [0.2, 0.25) is 18.5 Å². The van der Waals surface area contributed by atoms with Crippen molar-refractivity contribution in [2.45, 2.75) is 89.8 Å². The molecular formula is C25H37BO. The summed E-state index contributed by atoms with van der Waals surface area (Å²) >= 11 is 0. The molecule has 3 aliphatic carbocycles. The quantitative estimate of drug-likeness (QED) is 0.307. The van der Waals surface area contributed by atoms with Gasteiger partial charge in [0, 0.05) is 6.61 Å². The third kappa shape index (κ3) is 5.85. The maximum absolute atomic E-state index is 5.80. The maximum atomic E-state index is 5.80. The molecule has 2 atom stereocenters. The highest BCUT2D eigenvalue weighted by molar-refractivity contribution is 6.63. The molecule has 0 radical (unpaired) electrons. The first-order chi connectivity index (χ1) is 12.9. The number of rotatable bonds is 9. The Morgan fingerprint density at radius 3 is 2.67 bits per heavy atom. The minimum atomic E-state index is 0.00386. The fraction of sp³-hybridized carbons (Fsp3) is 0.600. The van der Waals surface area contributed by atoms with Crippen LogP contribution in [0.1, 0.15) is 65.7 Å². The summed E-state index contributed by atoms with van der Waals surface area (Å²) in [6, 6.07) is 0. The smallest absolute Gasteiger partial charge is 0.161 e. The van der Waals surface area contributed by atoms with Crippen LogP contribution in [0.4, 0.5) is 0 Å². The van der Waals surface area contributed by atoms with Gasteiger partial charge in [-0.1, -0.05) is 67.8 Å². The standard InChI is InChI=1S/C25H37BO/c1-25(2,3)27-18-10-6-5-7-11-20-14-16-22(19-20)26(4)24-17-15-21-12-8-9-13-23(21)24/h9,13-17,19,22,24H,5-8,10-12,18H2,1-4H3. The van der Waals surface area contributed by atoms with Gasteiger partial charge in [0.1, 0.15) is 0 Å². The SMILES string of the molecule is CB(C1C=CC(CCCCCCOC(C)(C)C)=C1)C1C=CC2=C1C=CCC2. The Morgan fingerprint density at radius 1 is 1.04 bits per heavy atom. The zero-order valence-electron chi connectivity index (χ0n) is 17.8. The fourth-order valence-corrected chi connectivity index (χ4v) is 4.48. The largest absolute Gasteiger partial charge is 0.376 e. The number of ether oxygens (including phenoxy) is 1. The molecule has 1 nitrogen and oxygen atoms in total. The van der Waals surface area contributed by atoms with Gasteiger partial charge in [-0.15, -0.1) is 0 Å². The molecule has 0 N–H and O–H groups in total. The van der Waals surface area contributed by atoms with Crippen molar-refractivity contribution < 1.29 is 4.74 Å². The van der Waals surface area contributed by atoms with Gasteiger partial charge >= 0.3 is 0 Å². The Labute approximate surface area is 167 Å². The molecular weight excluding hydrogens is 327 g/mol. The van der Waals surface area contributed by atoms with Crippen molar-refractivity contribution in [3.8, 4) is 0 Å². The van der Waals surface area contributed by atoms with Crippen LogP contribution in [0.3, 0.4) is 0 Å². The van der Waals surface area contributed by atoms with Crippen LogP contribution in [-0.4, -0.2) is 18.9 Å². The summed E-state index contributed by atoms with van der Waals surface area (Å²) < 4.78 is 5.80. The summed E-state index contributed by atoms with van der Waals surface area (Å²) in [5, 5.41) is 0. The van der Waals surface area contributed by atoms with Gasteiger partial charge in [0.25, 0.3) is 0 Å². The van der Waals surface area contributed by atoms with Crippen molar-refractivity contribution >= 4 is 6.71 Å². The second kappa shape index (κ2) is 9.28. The van der Waals surface area contributed by atoms with Crippen LogP contribution in [0, 0.1) is 0 Å². The van der Waals surface area contributed by atoms with Crippen LogP contribution in [-0.2, 0) is 4.74 Å². The first-order valence-corrected chi connectivity index (χ1v) is 11.0. The molecule has 146 valence electrons. The third-order valence-corrected chi connectivity index (χ3v) is 6.12. The van der Waals surface area contributed by atoms with Gasteiger partial charge in [-0.2, -0.15) is 0 Å². The molecule has 3 aliphatic rings. The minimum absolute atomic E-state index is 0.00386. The lowest BCUT2D eigenvalue weighted by Gasteiger charge is -2.22. The summed E-state index contributed by atoms with van der Waals surface area (Å²) in [5.74, 6) is 1.20. The summed E-state index contributed by atoms with van der Waals surface area (Å²) in [4.78, 5) is 0. The molecule has 27 heavy (non-hydrogen) atoms. The zero-order chi connectivity index (χ0) is 19.3. The van der Waals surface area contributed by atoms with E-state index in [9.17, 15) is 0 Å². The molecule has 2 heteroatoms. The monoisotopic (exact) mass is 364 g/mol. The van der Waals surface area contributed by atoms with E-state index in [1.165, 1.54) is 44.9 Å².